The van der Waals surface area contributed by atoms with Crippen molar-refractivity contribution in [1.29, 1.82) is 5.26 Å². The standard InChI is InChI=1S/C15H10BrFN2O2/c16-14-12(2-1-3-13(14)19)15(20)21-8-10-4-9(7-18)5-11(17)6-10/h1-6H,8,19H2. The van der Waals surface area contributed by atoms with Gasteiger partial charge in [0.1, 0.15) is 12.4 Å². The first-order chi connectivity index (χ1) is 10.0. The average Bonchev–Trinajstić information content (AvgIpc) is 2.47. The maximum atomic E-state index is 13.3. The highest BCUT2D eigenvalue weighted by atomic mass is 79.9. The highest BCUT2D eigenvalue weighted by molar-refractivity contribution is 9.10. The van der Waals surface area contributed by atoms with Gasteiger partial charge in [-0.2, -0.15) is 5.26 Å². The largest absolute Gasteiger partial charge is 0.457 e. The van der Waals surface area contributed by atoms with Gasteiger partial charge in [0.25, 0.3) is 0 Å². The van der Waals surface area contributed by atoms with E-state index in [0.717, 1.165) is 6.07 Å². The molecule has 0 saturated carbocycles. The van der Waals surface area contributed by atoms with E-state index in [9.17, 15) is 9.18 Å². The monoisotopic (exact) mass is 348 g/mol. The van der Waals surface area contributed by atoms with Crippen molar-refractivity contribution < 1.29 is 13.9 Å². The highest BCUT2D eigenvalue weighted by Crippen LogP contribution is 2.24. The molecule has 2 rings (SSSR count). The molecule has 0 aromatic heterocycles. The fourth-order valence-electron chi connectivity index (χ4n) is 1.73. The summed E-state index contributed by atoms with van der Waals surface area (Å²) in [4.78, 5) is 12.0. The summed E-state index contributed by atoms with van der Waals surface area (Å²) in [6.45, 7) is -0.132. The molecule has 0 aliphatic rings. The number of nitrogens with zero attached hydrogens (tertiary/aromatic N) is 1. The zero-order valence-electron chi connectivity index (χ0n) is 10.8. The van der Waals surface area contributed by atoms with Crippen molar-refractivity contribution in [3.8, 4) is 6.07 Å². The lowest BCUT2D eigenvalue weighted by atomic mass is 10.1. The van der Waals surface area contributed by atoms with Crippen molar-refractivity contribution in [2.24, 2.45) is 0 Å². The van der Waals surface area contributed by atoms with Crippen LogP contribution in [0.3, 0.4) is 0 Å². The van der Waals surface area contributed by atoms with E-state index in [1.807, 2.05) is 6.07 Å². The van der Waals surface area contributed by atoms with Gasteiger partial charge in [-0.15, -0.1) is 0 Å². The van der Waals surface area contributed by atoms with Crippen LogP contribution >= 0.6 is 15.9 Å². The Kier molecular flexibility index (Phi) is 4.55. The number of hydrogen-bond donors (Lipinski definition) is 1. The van der Waals surface area contributed by atoms with Crippen molar-refractivity contribution in [2.75, 3.05) is 5.73 Å². The molecule has 2 N–H and O–H groups in total. The van der Waals surface area contributed by atoms with E-state index in [4.69, 9.17) is 15.7 Å². The van der Waals surface area contributed by atoms with Gasteiger partial charge < -0.3 is 10.5 Å². The predicted octanol–water partition coefficient (Wildman–Crippen LogP) is 3.40. The minimum absolute atomic E-state index is 0.132. The molecule has 0 fully saturated rings. The number of carbonyl (C=O) groups excluding carboxylic acids is 1. The number of hydrogen-bond acceptors (Lipinski definition) is 4. The Morgan fingerprint density at radius 3 is 2.86 bits per heavy atom. The number of nitrogens with two attached hydrogens (primary N) is 1. The third-order valence-electron chi connectivity index (χ3n) is 2.71. The number of anilines is 1. The van der Waals surface area contributed by atoms with Crippen molar-refractivity contribution >= 4 is 27.6 Å². The highest BCUT2D eigenvalue weighted by Gasteiger charge is 2.13. The fourth-order valence-corrected chi connectivity index (χ4v) is 2.16. The summed E-state index contributed by atoms with van der Waals surface area (Å²) in [7, 11) is 0. The molecule has 0 spiro atoms. The topological polar surface area (TPSA) is 76.1 Å². The van der Waals surface area contributed by atoms with E-state index in [0.29, 0.717) is 15.7 Å². The number of halogens is 2. The summed E-state index contributed by atoms with van der Waals surface area (Å²) >= 11 is 3.21. The lowest BCUT2D eigenvalue weighted by Crippen LogP contribution is -2.07. The van der Waals surface area contributed by atoms with Crippen LogP contribution in [-0.4, -0.2) is 5.97 Å². The average molecular weight is 349 g/mol. The van der Waals surface area contributed by atoms with E-state index in [-0.39, 0.29) is 17.7 Å². The smallest absolute Gasteiger partial charge is 0.339 e. The van der Waals surface area contributed by atoms with E-state index in [2.05, 4.69) is 15.9 Å². The van der Waals surface area contributed by atoms with Crippen LogP contribution in [0.15, 0.2) is 40.9 Å². The van der Waals surface area contributed by atoms with Gasteiger partial charge in [0, 0.05) is 5.69 Å². The van der Waals surface area contributed by atoms with Crippen molar-refractivity contribution in [2.45, 2.75) is 6.61 Å². The van der Waals surface area contributed by atoms with E-state index < -0.39 is 11.8 Å². The van der Waals surface area contributed by atoms with E-state index in [1.165, 1.54) is 12.1 Å². The molecule has 0 radical (unpaired) electrons. The Morgan fingerprint density at radius 1 is 1.38 bits per heavy atom. The van der Waals surface area contributed by atoms with E-state index >= 15 is 0 Å². The Bertz CT molecular complexity index is 741. The van der Waals surface area contributed by atoms with Crippen LogP contribution in [0.1, 0.15) is 21.5 Å². The Labute approximate surface area is 129 Å². The minimum atomic E-state index is -0.586. The molecule has 0 saturated heterocycles. The molecule has 0 bridgehead atoms. The number of nitriles is 1. The lowest BCUT2D eigenvalue weighted by Gasteiger charge is -2.08. The molecule has 0 aliphatic heterocycles. The molecule has 21 heavy (non-hydrogen) atoms. The summed E-state index contributed by atoms with van der Waals surface area (Å²) in [5, 5.41) is 8.76. The molecule has 0 atom stereocenters. The summed E-state index contributed by atoms with van der Waals surface area (Å²) in [5.41, 5.74) is 6.96. The van der Waals surface area contributed by atoms with Gasteiger partial charge in [0.2, 0.25) is 0 Å². The Morgan fingerprint density at radius 2 is 2.14 bits per heavy atom. The van der Waals surface area contributed by atoms with Gasteiger partial charge in [-0.1, -0.05) is 6.07 Å². The van der Waals surface area contributed by atoms with Gasteiger partial charge >= 0.3 is 5.97 Å². The molecule has 106 valence electrons. The number of carbonyl (C=O) groups is 1. The second-order valence-corrected chi connectivity index (χ2v) is 5.04. The molecule has 0 aliphatic carbocycles. The second kappa shape index (κ2) is 6.37. The molecule has 4 nitrogen and oxygen atoms in total. The van der Waals surface area contributed by atoms with Crippen molar-refractivity contribution in [3.63, 3.8) is 0 Å². The number of esters is 1. The number of ether oxygens (including phenoxy) is 1. The predicted molar refractivity (Wildman–Crippen MR) is 78.8 cm³/mol. The van der Waals surface area contributed by atoms with Gasteiger partial charge in [0.05, 0.1) is 21.7 Å². The van der Waals surface area contributed by atoms with E-state index in [1.54, 1.807) is 18.2 Å². The number of benzene rings is 2. The number of nitrogen functional groups attached to an aromatic ring is 1. The zero-order valence-corrected chi connectivity index (χ0v) is 12.4. The molecule has 6 heteroatoms. The first-order valence-corrected chi connectivity index (χ1v) is 6.71. The van der Waals surface area contributed by atoms with Crippen LogP contribution in [-0.2, 0) is 11.3 Å². The van der Waals surface area contributed by atoms with Gasteiger partial charge in [0.15, 0.2) is 0 Å². The second-order valence-electron chi connectivity index (χ2n) is 4.24. The third kappa shape index (κ3) is 3.58. The normalized spacial score (nSPS) is 9.95. The zero-order chi connectivity index (χ0) is 15.4. The maximum absolute atomic E-state index is 13.3. The van der Waals surface area contributed by atoms with Crippen molar-refractivity contribution in [3.05, 3.63) is 63.4 Å². The van der Waals surface area contributed by atoms with Crippen LogP contribution in [0.5, 0.6) is 0 Å². The molecular weight excluding hydrogens is 339 g/mol. The summed E-state index contributed by atoms with van der Waals surface area (Å²) in [6, 6.07) is 10.5. The van der Waals surface area contributed by atoms with Gasteiger partial charge in [-0.05, 0) is 51.8 Å². The van der Waals surface area contributed by atoms with Crippen LogP contribution in [0, 0.1) is 17.1 Å². The first-order valence-electron chi connectivity index (χ1n) is 5.92. The summed E-state index contributed by atoms with van der Waals surface area (Å²) in [6.07, 6.45) is 0. The minimum Gasteiger partial charge on any atom is -0.457 e. The first kappa shape index (κ1) is 15.0. The summed E-state index contributed by atoms with van der Waals surface area (Å²) in [5.74, 6) is -1.14. The third-order valence-corrected chi connectivity index (χ3v) is 3.59. The number of rotatable bonds is 3. The van der Waals surface area contributed by atoms with Gasteiger partial charge in [-0.3, -0.25) is 0 Å². The fraction of sp³-hybridized carbons (Fsp3) is 0.0667. The molecule has 0 amide bonds. The quantitative estimate of drug-likeness (QED) is 0.681. The molecule has 0 unspecified atom stereocenters. The summed E-state index contributed by atoms with van der Waals surface area (Å²) < 4.78 is 18.8. The molecule has 2 aromatic rings. The van der Waals surface area contributed by atoms with Crippen molar-refractivity contribution in [1.82, 2.24) is 0 Å². The van der Waals surface area contributed by atoms with Crippen LogP contribution in [0.4, 0.5) is 10.1 Å². The Hall–Kier alpha value is -2.39. The molecule has 0 heterocycles. The maximum Gasteiger partial charge on any atom is 0.339 e. The SMILES string of the molecule is N#Cc1cc(F)cc(COC(=O)c2cccc(N)c2Br)c1. The van der Waals surface area contributed by atoms with Gasteiger partial charge in [-0.25, -0.2) is 9.18 Å². The van der Waals surface area contributed by atoms with Crippen LogP contribution < -0.4 is 5.73 Å². The molecular formula is C15H10BrFN2O2. The Balaban J connectivity index is 2.13. The van der Waals surface area contributed by atoms with Crippen LogP contribution in [0.2, 0.25) is 0 Å². The molecule has 2 aromatic carbocycles. The lowest BCUT2D eigenvalue weighted by molar-refractivity contribution is 0.0471. The van der Waals surface area contributed by atoms with Crippen LogP contribution in [0.25, 0.3) is 0 Å².